The highest BCUT2D eigenvalue weighted by Crippen LogP contribution is 2.38. The third-order valence-electron chi connectivity index (χ3n) is 3.77. The summed E-state index contributed by atoms with van der Waals surface area (Å²) >= 11 is 6.01. The molecule has 22 heavy (non-hydrogen) atoms. The van der Waals surface area contributed by atoms with Crippen molar-refractivity contribution in [1.82, 2.24) is 4.90 Å². The molecule has 1 N–H and O–H groups in total. The Kier molecular flexibility index (Phi) is 4.37. The maximum atomic E-state index is 12.9. The number of alkyl halides is 3. The lowest BCUT2D eigenvalue weighted by molar-refractivity contribution is -0.187. The van der Waals surface area contributed by atoms with E-state index in [1.165, 1.54) is 6.07 Å². The second-order valence-electron chi connectivity index (χ2n) is 5.24. The van der Waals surface area contributed by atoms with Gasteiger partial charge in [-0.1, -0.05) is 23.7 Å². The predicted molar refractivity (Wildman–Crippen MR) is 72.8 cm³/mol. The highest BCUT2D eigenvalue weighted by molar-refractivity contribution is 6.34. The van der Waals surface area contributed by atoms with Crippen LogP contribution >= 0.6 is 11.6 Å². The number of hydrogen-bond donors (Lipinski definition) is 1. The van der Waals surface area contributed by atoms with E-state index in [-0.39, 0.29) is 10.6 Å². The molecule has 0 aliphatic carbocycles. The molecule has 120 valence electrons. The number of carboxylic acid groups (broad SMARTS) is 1. The molecule has 1 saturated heterocycles. The van der Waals surface area contributed by atoms with Crippen LogP contribution in [0.5, 0.6) is 0 Å². The highest BCUT2D eigenvalue weighted by atomic mass is 35.5. The van der Waals surface area contributed by atoms with Crippen LogP contribution in [0.25, 0.3) is 0 Å². The highest BCUT2D eigenvalue weighted by Gasteiger charge is 2.53. The van der Waals surface area contributed by atoms with Crippen LogP contribution in [-0.2, 0) is 4.79 Å². The normalized spacial score (nSPS) is 22.0. The third-order valence-corrected chi connectivity index (χ3v) is 4.27. The smallest absolute Gasteiger partial charge is 0.394 e. The fraction of sp³-hybridized carbons (Fsp3) is 0.429. The van der Waals surface area contributed by atoms with Gasteiger partial charge in [-0.05, 0) is 18.6 Å². The number of carboxylic acids is 1. The number of hydrogen-bond acceptors (Lipinski definition) is 2. The summed E-state index contributed by atoms with van der Waals surface area (Å²) in [4.78, 5) is 24.3. The summed E-state index contributed by atoms with van der Waals surface area (Å²) in [5.41, 5.74) is 0.697. The molecule has 2 atom stereocenters. The van der Waals surface area contributed by atoms with Gasteiger partial charge < -0.3 is 10.0 Å². The Balaban J connectivity index is 2.29. The minimum Gasteiger partial charge on any atom is -0.481 e. The van der Waals surface area contributed by atoms with Crippen molar-refractivity contribution in [3.05, 3.63) is 34.3 Å². The van der Waals surface area contributed by atoms with Crippen LogP contribution in [0.4, 0.5) is 13.2 Å². The van der Waals surface area contributed by atoms with Gasteiger partial charge in [0, 0.05) is 13.1 Å². The molecule has 1 heterocycles. The average molecular weight is 336 g/mol. The molecule has 0 aromatic heterocycles. The van der Waals surface area contributed by atoms with Gasteiger partial charge in [0.05, 0.1) is 22.4 Å². The van der Waals surface area contributed by atoms with Crippen molar-refractivity contribution in [2.45, 2.75) is 13.1 Å². The first-order valence-corrected chi connectivity index (χ1v) is 6.84. The molecule has 0 radical (unpaired) electrons. The molecule has 1 fully saturated rings. The molecule has 0 saturated carbocycles. The van der Waals surface area contributed by atoms with Crippen LogP contribution in [0.1, 0.15) is 15.9 Å². The topological polar surface area (TPSA) is 57.6 Å². The lowest BCUT2D eigenvalue weighted by Gasteiger charge is -2.19. The van der Waals surface area contributed by atoms with Crippen molar-refractivity contribution in [3.8, 4) is 0 Å². The van der Waals surface area contributed by atoms with Crippen molar-refractivity contribution in [1.29, 1.82) is 0 Å². The Labute approximate surface area is 129 Å². The maximum Gasteiger partial charge on any atom is 0.394 e. The number of likely N-dealkylation sites (tertiary alicyclic amines) is 1. The minimum atomic E-state index is -4.67. The van der Waals surface area contributed by atoms with E-state index in [1.807, 2.05) is 0 Å². The summed E-state index contributed by atoms with van der Waals surface area (Å²) in [5.74, 6) is -5.98. The number of aryl methyl sites for hydroxylation is 1. The number of carbonyl (C=O) groups excluding carboxylic acids is 1. The Morgan fingerprint density at radius 2 is 1.95 bits per heavy atom. The van der Waals surface area contributed by atoms with Crippen molar-refractivity contribution in [2.24, 2.45) is 11.8 Å². The largest absolute Gasteiger partial charge is 0.481 e. The third kappa shape index (κ3) is 3.04. The number of halogens is 4. The van der Waals surface area contributed by atoms with Gasteiger partial charge in [0.2, 0.25) is 0 Å². The van der Waals surface area contributed by atoms with E-state index >= 15 is 0 Å². The number of benzene rings is 1. The first-order chi connectivity index (χ1) is 10.1. The molecule has 1 aromatic carbocycles. The number of nitrogens with zero attached hydrogens (tertiary/aromatic N) is 1. The van der Waals surface area contributed by atoms with Crippen LogP contribution in [0, 0.1) is 18.8 Å². The molecule has 4 nitrogen and oxygen atoms in total. The van der Waals surface area contributed by atoms with E-state index in [0.717, 1.165) is 4.90 Å². The summed E-state index contributed by atoms with van der Waals surface area (Å²) in [5, 5.41) is 9.11. The second-order valence-corrected chi connectivity index (χ2v) is 5.62. The summed E-state index contributed by atoms with van der Waals surface area (Å²) in [6.45, 7) is 0.508. The first kappa shape index (κ1) is 16.6. The predicted octanol–water partition coefficient (Wildman–Crippen LogP) is 2.98. The molecule has 1 amide bonds. The lowest BCUT2D eigenvalue weighted by Crippen LogP contribution is -2.34. The average Bonchev–Trinajstić information content (AvgIpc) is 2.86. The molecule has 1 aliphatic heterocycles. The molecule has 0 unspecified atom stereocenters. The molecule has 0 bridgehead atoms. The van der Waals surface area contributed by atoms with Gasteiger partial charge in [-0.3, -0.25) is 9.59 Å². The molecule has 1 aliphatic rings. The van der Waals surface area contributed by atoms with Crippen LogP contribution in [0.15, 0.2) is 18.2 Å². The van der Waals surface area contributed by atoms with E-state index in [1.54, 1.807) is 19.1 Å². The molecule has 1 aromatic rings. The summed E-state index contributed by atoms with van der Waals surface area (Å²) < 4.78 is 38.8. The van der Waals surface area contributed by atoms with Crippen LogP contribution < -0.4 is 0 Å². The Morgan fingerprint density at radius 3 is 2.45 bits per heavy atom. The van der Waals surface area contributed by atoms with Crippen LogP contribution in [0.2, 0.25) is 5.02 Å². The molecular formula is C14H13ClF3NO3. The number of rotatable bonds is 2. The van der Waals surface area contributed by atoms with Crippen LogP contribution in [-0.4, -0.2) is 41.1 Å². The van der Waals surface area contributed by atoms with Gasteiger partial charge in [-0.2, -0.15) is 13.2 Å². The number of carbonyl (C=O) groups is 2. The lowest BCUT2D eigenvalue weighted by atomic mass is 9.96. The second kappa shape index (κ2) is 5.79. The minimum absolute atomic E-state index is 0.0774. The van der Waals surface area contributed by atoms with Gasteiger partial charge in [0.1, 0.15) is 0 Å². The standard InChI is InChI=1S/C14H13ClF3NO3/c1-7-3-2-4-8(11(7)15)12(20)19-5-9(13(21)22)10(6-19)14(16,17)18/h2-4,9-10H,5-6H2,1H3,(H,21,22)/t9-,10-/m1/s1. The van der Waals surface area contributed by atoms with E-state index in [4.69, 9.17) is 16.7 Å². The van der Waals surface area contributed by atoms with E-state index in [2.05, 4.69) is 0 Å². The Morgan fingerprint density at radius 1 is 1.32 bits per heavy atom. The Bertz CT molecular complexity index is 618. The van der Waals surface area contributed by atoms with Gasteiger partial charge in [0.15, 0.2) is 0 Å². The zero-order valence-corrected chi connectivity index (χ0v) is 12.3. The van der Waals surface area contributed by atoms with E-state index < -0.39 is 43.0 Å². The molecule has 2 rings (SSSR count). The van der Waals surface area contributed by atoms with Crippen molar-refractivity contribution >= 4 is 23.5 Å². The molecule has 8 heteroatoms. The first-order valence-electron chi connectivity index (χ1n) is 6.47. The van der Waals surface area contributed by atoms with Crippen molar-refractivity contribution in [3.63, 3.8) is 0 Å². The fourth-order valence-electron chi connectivity index (χ4n) is 2.53. The van der Waals surface area contributed by atoms with E-state index in [0.29, 0.717) is 5.56 Å². The molecule has 0 spiro atoms. The SMILES string of the molecule is Cc1cccc(C(=O)N2C[C@@H](C(F)(F)F)[C@H](C(=O)O)C2)c1Cl. The number of aliphatic carboxylic acids is 1. The van der Waals surface area contributed by atoms with Crippen LogP contribution in [0.3, 0.4) is 0 Å². The zero-order chi connectivity index (χ0) is 16.7. The van der Waals surface area contributed by atoms with Gasteiger partial charge in [-0.15, -0.1) is 0 Å². The fourth-order valence-corrected chi connectivity index (χ4v) is 2.74. The monoisotopic (exact) mass is 335 g/mol. The summed E-state index contributed by atoms with van der Waals surface area (Å²) in [6.07, 6.45) is -4.67. The maximum absolute atomic E-state index is 12.9. The van der Waals surface area contributed by atoms with Gasteiger partial charge in [0.25, 0.3) is 5.91 Å². The quantitative estimate of drug-likeness (QED) is 0.904. The van der Waals surface area contributed by atoms with Gasteiger partial charge in [-0.25, -0.2) is 0 Å². The van der Waals surface area contributed by atoms with E-state index in [9.17, 15) is 22.8 Å². The van der Waals surface area contributed by atoms with Crippen molar-refractivity contribution < 1.29 is 27.9 Å². The summed E-state index contributed by atoms with van der Waals surface area (Å²) in [7, 11) is 0. The van der Waals surface area contributed by atoms with Crippen molar-refractivity contribution in [2.75, 3.05) is 13.1 Å². The summed E-state index contributed by atoms with van der Waals surface area (Å²) in [6, 6.07) is 4.65. The number of amides is 1. The van der Waals surface area contributed by atoms with Gasteiger partial charge >= 0.3 is 12.1 Å². The molecular weight excluding hydrogens is 323 g/mol. The zero-order valence-electron chi connectivity index (χ0n) is 11.5. The Hall–Kier alpha value is -1.76.